The van der Waals surface area contributed by atoms with E-state index in [0.717, 1.165) is 37.7 Å². The number of anilines is 2. The van der Waals surface area contributed by atoms with Crippen molar-refractivity contribution in [2.75, 3.05) is 23.3 Å². The number of carbonyl (C=O) groups is 1. The predicted molar refractivity (Wildman–Crippen MR) is 127 cm³/mol. The lowest BCUT2D eigenvalue weighted by Crippen LogP contribution is -2.38. The summed E-state index contributed by atoms with van der Waals surface area (Å²) < 4.78 is 41.1. The van der Waals surface area contributed by atoms with Crippen LogP contribution in [0.15, 0.2) is 30.5 Å². The Bertz CT molecular complexity index is 1270. The van der Waals surface area contributed by atoms with Gasteiger partial charge in [-0.15, -0.1) is 0 Å². The Balaban J connectivity index is 1.39. The zero-order chi connectivity index (χ0) is 24.7. The molecule has 1 unspecified atom stereocenters. The van der Waals surface area contributed by atoms with Crippen LogP contribution in [-0.4, -0.2) is 40.0 Å². The number of hydrogen-bond donors (Lipinski definition) is 2. The number of fused-ring (bicyclic) bond motifs is 1. The van der Waals surface area contributed by atoms with E-state index in [2.05, 4.69) is 30.5 Å². The molecule has 0 bridgehead atoms. The van der Waals surface area contributed by atoms with Gasteiger partial charge < -0.3 is 15.5 Å². The second kappa shape index (κ2) is 9.31. The highest BCUT2D eigenvalue weighted by molar-refractivity contribution is 5.90. The minimum atomic E-state index is -2.89. The lowest BCUT2D eigenvalue weighted by atomic mass is 10.0. The Hall–Kier alpha value is -3.43. The van der Waals surface area contributed by atoms with E-state index in [1.54, 1.807) is 20.0 Å². The number of benzene rings is 1. The van der Waals surface area contributed by atoms with Gasteiger partial charge in [0.05, 0.1) is 23.3 Å². The Morgan fingerprint density at radius 1 is 1.17 bits per heavy atom. The maximum atomic E-state index is 14.7. The first kappa shape index (κ1) is 23.3. The largest absolute Gasteiger partial charge is 0.363 e. The molecule has 1 saturated carbocycles. The molecule has 2 aliphatic rings. The number of aryl methyl sites for hydroxylation is 1. The van der Waals surface area contributed by atoms with E-state index in [1.807, 2.05) is 6.07 Å². The highest BCUT2D eigenvalue weighted by Gasteiger charge is 2.33. The SMILES string of the molecule is Cc1nc(NC(C)c2cccc(C(F)F)c2F)c2cc(N3CC[C@@H](NC(=O)C4CC4)C3)ncc2n1. The average molecular weight is 485 g/mol. The maximum Gasteiger partial charge on any atom is 0.266 e. The van der Waals surface area contributed by atoms with Crippen molar-refractivity contribution in [3.8, 4) is 0 Å². The van der Waals surface area contributed by atoms with Crippen LogP contribution >= 0.6 is 0 Å². The van der Waals surface area contributed by atoms with Crippen LogP contribution in [0.4, 0.5) is 24.8 Å². The maximum absolute atomic E-state index is 14.7. The highest BCUT2D eigenvalue weighted by atomic mass is 19.3. The quantitative estimate of drug-likeness (QED) is 0.507. The minimum Gasteiger partial charge on any atom is -0.363 e. The molecule has 184 valence electrons. The second-order valence-electron chi connectivity index (χ2n) is 9.31. The molecule has 1 aliphatic carbocycles. The highest BCUT2D eigenvalue weighted by Crippen LogP contribution is 2.32. The van der Waals surface area contributed by atoms with Gasteiger partial charge in [-0.3, -0.25) is 4.79 Å². The van der Waals surface area contributed by atoms with Gasteiger partial charge in [-0.25, -0.2) is 28.1 Å². The molecule has 5 rings (SSSR count). The predicted octanol–water partition coefficient (Wildman–Crippen LogP) is 4.69. The average Bonchev–Trinajstić information content (AvgIpc) is 3.58. The van der Waals surface area contributed by atoms with Gasteiger partial charge in [0.2, 0.25) is 5.91 Å². The van der Waals surface area contributed by atoms with Gasteiger partial charge in [0.1, 0.15) is 23.3 Å². The number of rotatable bonds is 7. The van der Waals surface area contributed by atoms with Gasteiger partial charge in [0, 0.05) is 36.0 Å². The van der Waals surface area contributed by atoms with Crippen molar-refractivity contribution in [1.82, 2.24) is 20.3 Å². The number of nitrogens with zero attached hydrogens (tertiary/aromatic N) is 4. The zero-order valence-electron chi connectivity index (χ0n) is 19.6. The van der Waals surface area contributed by atoms with E-state index in [0.29, 0.717) is 29.1 Å². The van der Waals surface area contributed by atoms with Gasteiger partial charge in [-0.1, -0.05) is 18.2 Å². The van der Waals surface area contributed by atoms with Gasteiger partial charge in [0.25, 0.3) is 6.43 Å². The standard InChI is InChI=1S/C25H27F3N6O/c1-13(17-4-3-5-18(22(17)26)23(27)28)30-24-19-10-21(29-11-20(19)31-14(2)32-24)34-9-8-16(12-34)33-25(35)15-6-7-15/h3-5,10-11,13,15-16,23H,6-9,12H2,1-2H3,(H,33,35)(H,30,31,32)/t13?,16-/m1/s1. The molecule has 0 spiro atoms. The van der Waals surface area contributed by atoms with Crippen molar-refractivity contribution >= 4 is 28.4 Å². The number of alkyl halides is 2. The normalized spacial score (nSPS) is 18.8. The molecular weight excluding hydrogens is 457 g/mol. The van der Waals surface area contributed by atoms with Crippen LogP contribution in [0.3, 0.4) is 0 Å². The third-order valence-electron chi connectivity index (χ3n) is 6.60. The molecule has 3 aromatic rings. The third-order valence-corrected chi connectivity index (χ3v) is 6.60. The fourth-order valence-corrected chi connectivity index (χ4v) is 4.53. The second-order valence-corrected chi connectivity index (χ2v) is 9.31. The smallest absolute Gasteiger partial charge is 0.266 e. The molecule has 7 nitrogen and oxygen atoms in total. The van der Waals surface area contributed by atoms with E-state index < -0.39 is 23.8 Å². The van der Waals surface area contributed by atoms with Gasteiger partial charge in [-0.2, -0.15) is 0 Å². The number of amides is 1. The molecule has 3 heterocycles. The van der Waals surface area contributed by atoms with E-state index in [1.165, 1.54) is 12.1 Å². The summed E-state index contributed by atoms with van der Waals surface area (Å²) in [4.78, 5) is 27.8. The summed E-state index contributed by atoms with van der Waals surface area (Å²) in [5.41, 5.74) is 0.134. The molecule has 1 saturated heterocycles. The summed E-state index contributed by atoms with van der Waals surface area (Å²) >= 11 is 0. The summed E-state index contributed by atoms with van der Waals surface area (Å²) in [7, 11) is 0. The summed E-state index contributed by atoms with van der Waals surface area (Å²) in [6.45, 7) is 4.86. The molecule has 35 heavy (non-hydrogen) atoms. The summed E-state index contributed by atoms with van der Waals surface area (Å²) in [6.07, 6.45) is 1.56. The number of carbonyl (C=O) groups excluding carboxylic acids is 1. The molecule has 1 amide bonds. The fraction of sp³-hybridized carbons (Fsp3) is 0.440. The van der Waals surface area contributed by atoms with Crippen molar-refractivity contribution in [2.45, 2.75) is 51.6 Å². The lowest BCUT2D eigenvalue weighted by Gasteiger charge is -2.21. The van der Waals surface area contributed by atoms with Crippen LogP contribution in [-0.2, 0) is 4.79 Å². The van der Waals surface area contributed by atoms with Crippen molar-refractivity contribution < 1.29 is 18.0 Å². The van der Waals surface area contributed by atoms with Crippen molar-refractivity contribution in [3.05, 3.63) is 53.2 Å². The first-order valence-electron chi connectivity index (χ1n) is 11.8. The van der Waals surface area contributed by atoms with E-state index in [4.69, 9.17) is 0 Å². The Kier molecular flexibility index (Phi) is 6.21. The number of halogens is 3. The lowest BCUT2D eigenvalue weighted by molar-refractivity contribution is -0.122. The monoisotopic (exact) mass is 484 g/mol. The summed E-state index contributed by atoms with van der Waals surface area (Å²) in [6, 6.07) is 5.35. The molecule has 2 fully saturated rings. The first-order valence-corrected chi connectivity index (χ1v) is 11.8. The molecule has 1 aromatic carbocycles. The molecule has 1 aliphatic heterocycles. The Labute approximate surface area is 201 Å². The Morgan fingerprint density at radius 2 is 1.94 bits per heavy atom. The van der Waals surface area contributed by atoms with Crippen LogP contribution < -0.4 is 15.5 Å². The van der Waals surface area contributed by atoms with Crippen LogP contribution in [0.2, 0.25) is 0 Å². The number of hydrogen-bond acceptors (Lipinski definition) is 6. The summed E-state index contributed by atoms with van der Waals surface area (Å²) in [5, 5.41) is 7.00. The van der Waals surface area contributed by atoms with Crippen LogP contribution in [0.5, 0.6) is 0 Å². The van der Waals surface area contributed by atoms with Crippen LogP contribution in [0, 0.1) is 18.7 Å². The van der Waals surface area contributed by atoms with Crippen molar-refractivity contribution in [3.63, 3.8) is 0 Å². The molecule has 0 radical (unpaired) electrons. The third kappa shape index (κ3) is 4.87. The van der Waals surface area contributed by atoms with Gasteiger partial charge >= 0.3 is 0 Å². The number of pyridine rings is 1. The first-order chi connectivity index (χ1) is 16.8. The van der Waals surface area contributed by atoms with Crippen LogP contribution in [0.25, 0.3) is 10.9 Å². The van der Waals surface area contributed by atoms with Crippen molar-refractivity contribution in [1.29, 1.82) is 0 Å². The fourth-order valence-electron chi connectivity index (χ4n) is 4.53. The Morgan fingerprint density at radius 3 is 2.69 bits per heavy atom. The molecule has 2 aromatic heterocycles. The van der Waals surface area contributed by atoms with Gasteiger partial charge in [0.15, 0.2) is 0 Å². The molecule has 2 N–H and O–H groups in total. The minimum absolute atomic E-state index is 0.0811. The van der Waals surface area contributed by atoms with E-state index in [-0.39, 0.29) is 23.4 Å². The van der Waals surface area contributed by atoms with Crippen molar-refractivity contribution in [2.24, 2.45) is 5.92 Å². The summed E-state index contributed by atoms with van der Waals surface area (Å²) in [5.74, 6) is 1.10. The molecule has 2 atom stereocenters. The molecule has 10 heteroatoms. The number of nitrogens with one attached hydrogen (secondary N) is 2. The topological polar surface area (TPSA) is 83.0 Å². The van der Waals surface area contributed by atoms with E-state index >= 15 is 0 Å². The van der Waals surface area contributed by atoms with Crippen LogP contribution in [0.1, 0.15) is 55.6 Å². The zero-order valence-corrected chi connectivity index (χ0v) is 19.6. The number of aromatic nitrogens is 3. The molecular formula is C25H27F3N6O. The van der Waals surface area contributed by atoms with Gasteiger partial charge in [-0.05, 0) is 39.2 Å². The van der Waals surface area contributed by atoms with E-state index in [9.17, 15) is 18.0 Å².